The average molecular weight is 389 g/mol. The van der Waals surface area contributed by atoms with Gasteiger partial charge in [-0.25, -0.2) is 4.98 Å². The maximum absolute atomic E-state index is 12.9. The van der Waals surface area contributed by atoms with Crippen molar-refractivity contribution in [3.63, 3.8) is 0 Å². The zero-order valence-corrected chi connectivity index (χ0v) is 16.7. The van der Waals surface area contributed by atoms with Crippen molar-refractivity contribution in [1.82, 2.24) is 9.55 Å². The molecule has 0 spiro atoms. The van der Waals surface area contributed by atoms with Crippen molar-refractivity contribution in [3.8, 4) is 0 Å². The van der Waals surface area contributed by atoms with Gasteiger partial charge in [-0.1, -0.05) is 6.42 Å². The van der Waals surface area contributed by atoms with Crippen molar-refractivity contribution in [2.24, 2.45) is 30.5 Å². The molecule has 1 aromatic carbocycles. The third kappa shape index (κ3) is 3.36. The lowest BCUT2D eigenvalue weighted by molar-refractivity contribution is -0.122. The van der Waals surface area contributed by atoms with Crippen LogP contribution >= 0.6 is 12.4 Å². The van der Waals surface area contributed by atoms with E-state index in [2.05, 4.69) is 23.0 Å². The molecule has 5 rings (SSSR count). The SMILES string of the molecule is Cl.Cn1c(C2CC2)nc2cc(NC(=O)C3CC4CCCC(C3)C4N)ccc21. The van der Waals surface area contributed by atoms with Crippen molar-refractivity contribution in [2.75, 3.05) is 5.32 Å². The molecule has 2 unspecified atom stereocenters. The van der Waals surface area contributed by atoms with E-state index in [1.807, 2.05) is 12.1 Å². The van der Waals surface area contributed by atoms with Crippen LogP contribution < -0.4 is 11.1 Å². The molecule has 3 aliphatic rings. The summed E-state index contributed by atoms with van der Waals surface area (Å²) in [6, 6.07) is 6.41. The fourth-order valence-corrected chi connectivity index (χ4v) is 5.25. The summed E-state index contributed by atoms with van der Waals surface area (Å²) >= 11 is 0. The second-order valence-corrected chi connectivity index (χ2v) is 8.69. The number of aromatic nitrogens is 2. The summed E-state index contributed by atoms with van der Waals surface area (Å²) in [5.74, 6) is 3.11. The van der Waals surface area contributed by atoms with Gasteiger partial charge in [0.15, 0.2) is 0 Å². The van der Waals surface area contributed by atoms with Gasteiger partial charge in [0.05, 0.1) is 11.0 Å². The summed E-state index contributed by atoms with van der Waals surface area (Å²) in [5.41, 5.74) is 9.35. The van der Waals surface area contributed by atoms with Crippen LogP contribution in [-0.2, 0) is 11.8 Å². The van der Waals surface area contributed by atoms with Gasteiger partial charge in [0.25, 0.3) is 0 Å². The number of hydrogen-bond acceptors (Lipinski definition) is 3. The Morgan fingerprint density at radius 2 is 1.89 bits per heavy atom. The van der Waals surface area contributed by atoms with Crippen LogP contribution in [0.15, 0.2) is 18.2 Å². The molecule has 1 amide bonds. The van der Waals surface area contributed by atoms with E-state index >= 15 is 0 Å². The second-order valence-electron chi connectivity index (χ2n) is 8.69. The Labute approximate surface area is 166 Å². The Morgan fingerprint density at radius 1 is 1.19 bits per heavy atom. The minimum Gasteiger partial charge on any atom is -0.331 e. The zero-order valence-electron chi connectivity index (χ0n) is 15.9. The molecule has 5 nitrogen and oxygen atoms in total. The second kappa shape index (κ2) is 7.10. The number of nitrogens with one attached hydrogen (secondary N) is 1. The first kappa shape index (κ1) is 18.8. The Balaban J connectivity index is 0.00000180. The highest BCUT2D eigenvalue weighted by Crippen LogP contribution is 2.42. The maximum Gasteiger partial charge on any atom is 0.227 e. The normalized spacial score (nSPS) is 30.0. The quantitative estimate of drug-likeness (QED) is 0.835. The fourth-order valence-electron chi connectivity index (χ4n) is 5.25. The van der Waals surface area contributed by atoms with E-state index in [-0.39, 0.29) is 24.2 Å². The molecule has 1 heterocycles. The van der Waals surface area contributed by atoms with Gasteiger partial charge < -0.3 is 15.6 Å². The molecule has 0 aliphatic heterocycles. The molecule has 2 bridgehead atoms. The zero-order chi connectivity index (χ0) is 17.8. The average Bonchev–Trinajstić information content (AvgIpc) is 3.39. The molecular weight excluding hydrogens is 360 g/mol. The van der Waals surface area contributed by atoms with Crippen LogP contribution in [0.1, 0.15) is 56.7 Å². The third-order valence-corrected chi connectivity index (χ3v) is 6.91. The summed E-state index contributed by atoms with van der Waals surface area (Å²) in [6.45, 7) is 0. The predicted octanol–water partition coefficient (Wildman–Crippen LogP) is 3.96. The van der Waals surface area contributed by atoms with E-state index in [9.17, 15) is 4.79 Å². The van der Waals surface area contributed by atoms with Gasteiger partial charge in [0.2, 0.25) is 5.91 Å². The lowest BCUT2D eigenvalue weighted by Gasteiger charge is -2.43. The number of anilines is 1. The van der Waals surface area contributed by atoms with E-state index in [4.69, 9.17) is 10.7 Å². The number of hydrogen-bond donors (Lipinski definition) is 2. The molecule has 6 heteroatoms. The smallest absolute Gasteiger partial charge is 0.227 e. The summed E-state index contributed by atoms with van der Waals surface area (Å²) in [7, 11) is 2.09. The first-order chi connectivity index (χ1) is 12.6. The number of benzene rings is 1. The first-order valence-electron chi connectivity index (χ1n) is 10.1. The standard InChI is InChI=1S/C21H28N4O.ClH/c1-25-18-8-7-16(11-17(18)24-20(25)12-5-6-12)23-21(26)15-9-13-3-2-4-14(10-15)19(13)22;/h7-8,11-15,19H,2-6,9-10,22H2,1H3,(H,23,26);1H. The van der Waals surface area contributed by atoms with Crippen molar-refractivity contribution < 1.29 is 4.79 Å². The molecule has 0 radical (unpaired) electrons. The minimum absolute atomic E-state index is 0. The lowest BCUT2D eigenvalue weighted by atomic mass is 9.65. The number of carbonyl (C=O) groups is 1. The van der Waals surface area contributed by atoms with E-state index < -0.39 is 0 Å². The number of rotatable bonds is 3. The molecule has 3 N–H and O–H groups in total. The van der Waals surface area contributed by atoms with Gasteiger partial charge in [-0.3, -0.25) is 4.79 Å². The Morgan fingerprint density at radius 3 is 2.56 bits per heavy atom. The van der Waals surface area contributed by atoms with Gasteiger partial charge >= 0.3 is 0 Å². The molecule has 2 atom stereocenters. The van der Waals surface area contributed by atoms with Crippen LogP contribution in [0.2, 0.25) is 0 Å². The monoisotopic (exact) mass is 388 g/mol. The molecule has 0 saturated heterocycles. The largest absolute Gasteiger partial charge is 0.331 e. The maximum atomic E-state index is 12.9. The van der Waals surface area contributed by atoms with E-state index in [0.29, 0.717) is 23.8 Å². The number of fused-ring (bicyclic) bond motifs is 3. The third-order valence-electron chi connectivity index (χ3n) is 6.91. The molecule has 146 valence electrons. The van der Waals surface area contributed by atoms with Crippen LogP contribution in [0.3, 0.4) is 0 Å². The summed E-state index contributed by atoms with van der Waals surface area (Å²) in [4.78, 5) is 17.7. The van der Waals surface area contributed by atoms with Gasteiger partial charge in [-0.15, -0.1) is 12.4 Å². The Bertz CT molecular complexity index is 845. The van der Waals surface area contributed by atoms with Crippen LogP contribution in [0.25, 0.3) is 11.0 Å². The van der Waals surface area contributed by atoms with Crippen LogP contribution in [-0.4, -0.2) is 21.5 Å². The number of imidazole rings is 1. The molecule has 27 heavy (non-hydrogen) atoms. The molecule has 2 aromatic rings. The molecule has 3 aliphatic carbocycles. The van der Waals surface area contributed by atoms with Gasteiger partial charge in [-0.2, -0.15) is 0 Å². The number of halogens is 1. The Kier molecular flexibility index (Phi) is 4.93. The van der Waals surface area contributed by atoms with Crippen molar-refractivity contribution in [1.29, 1.82) is 0 Å². The van der Waals surface area contributed by atoms with E-state index in [1.165, 1.54) is 37.9 Å². The van der Waals surface area contributed by atoms with Gasteiger partial charge in [0.1, 0.15) is 5.82 Å². The number of nitrogens with two attached hydrogens (primary N) is 1. The van der Waals surface area contributed by atoms with E-state index in [0.717, 1.165) is 29.6 Å². The highest BCUT2D eigenvalue weighted by Gasteiger charge is 2.40. The Hall–Kier alpha value is -1.59. The van der Waals surface area contributed by atoms with Gasteiger partial charge in [0, 0.05) is 30.6 Å². The highest BCUT2D eigenvalue weighted by atomic mass is 35.5. The van der Waals surface area contributed by atoms with E-state index in [1.54, 1.807) is 0 Å². The number of amides is 1. The van der Waals surface area contributed by atoms with Crippen molar-refractivity contribution in [2.45, 2.75) is 56.9 Å². The van der Waals surface area contributed by atoms with Crippen LogP contribution in [0, 0.1) is 17.8 Å². The molecule has 1 aromatic heterocycles. The van der Waals surface area contributed by atoms with Crippen LogP contribution in [0.4, 0.5) is 5.69 Å². The summed E-state index contributed by atoms with van der Waals surface area (Å²) in [5, 5.41) is 3.15. The number of nitrogens with zero attached hydrogens (tertiary/aromatic N) is 2. The first-order valence-corrected chi connectivity index (χ1v) is 10.1. The summed E-state index contributed by atoms with van der Waals surface area (Å²) < 4.78 is 2.20. The minimum atomic E-state index is 0. The topological polar surface area (TPSA) is 72.9 Å². The van der Waals surface area contributed by atoms with Crippen LogP contribution in [0.5, 0.6) is 0 Å². The molecule has 3 fully saturated rings. The number of carbonyl (C=O) groups excluding carboxylic acids is 1. The molecule has 3 saturated carbocycles. The molecular formula is C21H29ClN4O. The van der Waals surface area contributed by atoms with Crippen molar-refractivity contribution >= 4 is 35.0 Å². The highest BCUT2D eigenvalue weighted by molar-refractivity contribution is 5.94. The van der Waals surface area contributed by atoms with Gasteiger partial charge in [-0.05, 0) is 68.6 Å². The summed E-state index contributed by atoms with van der Waals surface area (Å²) in [6.07, 6.45) is 8.02. The predicted molar refractivity (Wildman–Crippen MR) is 110 cm³/mol. The number of aryl methyl sites for hydroxylation is 1. The van der Waals surface area contributed by atoms with Crippen molar-refractivity contribution in [3.05, 3.63) is 24.0 Å². The lowest BCUT2D eigenvalue weighted by Crippen LogP contribution is -2.48. The fraction of sp³-hybridized carbons (Fsp3) is 0.619.